The Balaban J connectivity index is 2.59. The smallest absolute Gasteiger partial charge is 0.248 e. The van der Waals surface area contributed by atoms with Crippen LogP contribution in [0.15, 0.2) is 34.4 Å². The molecular formula is C9H6ClNOS. The molecule has 0 saturated carbocycles. The molecule has 0 unspecified atom stereocenters. The number of thiophene rings is 1. The van der Waals surface area contributed by atoms with Crippen molar-refractivity contribution in [3.8, 4) is 11.3 Å². The van der Waals surface area contributed by atoms with Crippen LogP contribution in [0.2, 0.25) is 4.34 Å². The van der Waals surface area contributed by atoms with E-state index in [1.807, 2.05) is 17.5 Å². The van der Waals surface area contributed by atoms with E-state index >= 15 is 0 Å². The number of nitrogens with one attached hydrogen (secondary N) is 1. The summed E-state index contributed by atoms with van der Waals surface area (Å²) in [6, 6.07) is 6.90. The van der Waals surface area contributed by atoms with Gasteiger partial charge in [-0.1, -0.05) is 17.7 Å². The highest BCUT2D eigenvalue weighted by Gasteiger charge is 2.03. The molecule has 0 aromatic carbocycles. The Hall–Kier alpha value is -1.06. The predicted molar refractivity (Wildman–Crippen MR) is 55.4 cm³/mol. The van der Waals surface area contributed by atoms with Gasteiger partial charge < -0.3 is 4.98 Å². The molecule has 2 heterocycles. The molecule has 2 nitrogen and oxygen atoms in total. The average molecular weight is 212 g/mol. The van der Waals surface area contributed by atoms with Crippen LogP contribution in [0.1, 0.15) is 0 Å². The molecule has 4 heteroatoms. The number of H-pyrrole nitrogens is 1. The van der Waals surface area contributed by atoms with Gasteiger partial charge in [0, 0.05) is 11.6 Å². The fourth-order valence-electron chi connectivity index (χ4n) is 1.09. The van der Waals surface area contributed by atoms with E-state index in [2.05, 4.69) is 4.98 Å². The van der Waals surface area contributed by atoms with Crippen molar-refractivity contribution in [2.24, 2.45) is 0 Å². The van der Waals surface area contributed by atoms with Crippen LogP contribution in [-0.2, 0) is 0 Å². The van der Waals surface area contributed by atoms with Crippen LogP contribution >= 0.6 is 22.9 Å². The zero-order valence-corrected chi connectivity index (χ0v) is 8.15. The van der Waals surface area contributed by atoms with Crippen molar-refractivity contribution >= 4 is 22.9 Å². The highest BCUT2D eigenvalue weighted by atomic mass is 35.5. The Bertz CT molecular complexity index is 474. The average Bonchev–Trinajstić information content (AvgIpc) is 2.51. The molecule has 2 aromatic heterocycles. The number of aromatic nitrogens is 1. The van der Waals surface area contributed by atoms with Crippen molar-refractivity contribution in [1.29, 1.82) is 0 Å². The number of aromatic amines is 1. The first kappa shape index (κ1) is 8.53. The number of hydrogen-bond acceptors (Lipinski definition) is 2. The lowest BCUT2D eigenvalue weighted by Crippen LogP contribution is -2.03. The molecule has 0 aliphatic rings. The second-order valence-corrected chi connectivity index (χ2v) is 4.05. The highest BCUT2D eigenvalue weighted by molar-refractivity contribution is 7.15. The van der Waals surface area contributed by atoms with Crippen LogP contribution in [0.3, 0.4) is 0 Å². The topological polar surface area (TPSA) is 32.9 Å². The van der Waals surface area contributed by atoms with Crippen molar-refractivity contribution in [1.82, 2.24) is 4.98 Å². The zero-order valence-electron chi connectivity index (χ0n) is 6.58. The molecule has 0 amide bonds. The maximum atomic E-state index is 11.0. The van der Waals surface area contributed by atoms with E-state index in [1.54, 1.807) is 6.07 Å². The van der Waals surface area contributed by atoms with Gasteiger partial charge in [-0.15, -0.1) is 11.3 Å². The summed E-state index contributed by atoms with van der Waals surface area (Å²) in [7, 11) is 0. The summed E-state index contributed by atoms with van der Waals surface area (Å²) < 4.78 is 0.696. The van der Waals surface area contributed by atoms with E-state index in [-0.39, 0.29) is 5.56 Å². The van der Waals surface area contributed by atoms with Gasteiger partial charge in [-0.3, -0.25) is 4.79 Å². The highest BCUT2D eigenvalue weighted by Crippen LogP contribution is 2.30. The lowest BCUT2D eigenvalue weighted by molar-refractivity contribution is 1.25. The van der Waals surface area contributed by atoms with Crippen LogP contribution in [0.5, 0.6) is 0 Å². The molecule has 1 N–H and O–H groups in total. The Morgan fingerprint density at radius 1 is 1.31 bits per heavy atom. The summed E-state index contributed by atoms with van der Waals surface area (Å²) in [5, 5.41) is 1.89. The standard InChI is InChI=1S/C9H6ClNOS/c10-9-6(4-5-13-9)7-2-1-3-8(12)11-7/h1-5H,(H,11,12). The molecule has 0 spiro atoms. The van der Waals surface area contributed by atoms with Gasteiger partial charge in [-0.05, 0) is 17.5 Å². The van der Waals surface area contributed by atoms with E-state index in [0.717, 1.165) is 11.3 Å². The van der Waals surface area contributed by atoms with Gasteiger partial charge in [-0.2, -0.15) is 0 Å². The summed E-state index contributed by atoms with van der Waals surface area (Å²) in [5.41, 5.74) is 1.53. The van der Waals surface area contributed by atoms with Crippen molar-refractivity contribution < 1.29 is 0 Å². The predicted octanol–water partition coefficient (Wildman–Crippen LogP) is 2.76. The van der Waals surface area contributed by atoms with Crippen LogP contribution < -0.4 is 5.56 Å². The van der Waals surface area contributed by atoms with Gasteiger partial charge in [0.15, 0.2) is 0 Å². The van der Waals surface area contributed by atoms with Crippen LogP contribution in [0.4, 0.5) is 0 Å². The minimum Gasteiger partial charge on any atom is -0.322 e. The van der Waals surface area contributed by atoms with Crippen molar-refractivity contribution in [2.75, 3.05) is 0 Å². The maximum absolute atomic E-state index is 11.0. The second kappa shape index (κ2) is 3.36. The molecular weight excluding hydrogens is 206 g/mol. The van der Waals surface area contributed by atoms with Gasteiger partial charge in [0.05, 0.1) is 5.69 Å². The SMILES string of the molecule is O=c1cccc(-c2ccsc2Cl)[nH]1. The minimum atomic E-state index is -0.111. The van der Waals surface area contributed by atoms with Gasteiger partial charge in [0.25, 0.3) is 0 Å². The summed E-state index contributed by atoms with van der Waals surface area (Å²) >= 11 is 7.37. The lowest BCUT2D eigenvalue weighted by atomic mass is 10.2. The van der Waals surface area contributed by atoms with Gasteiger partial charge in [-0.25, -0.2) is 0 Å². The molecule has 0 aliphatic carbocycles. The molecule has 13 heavy (non-hydrogen) atoms. The number of halogens is 1. The first-order valence-electron chi connectivity index (χ1n) is 3.70. The number of pyridine rings is 1. The van der Waals surface area contributed by atoms with Gasteiger partial charge in [0.1, 0.15) is 4.34 Å². The second-order valence-electron chi connectivity index (χ2n) is 2.54. The Kier molecular flexibility index (Phi) is 2.20. The summed E-state index contributed by atoms with van der Waals surface area (Å²) in [6.45, 7) is 0. The molecule has 0 saturated heterocycles. The summed E-state index contributed by atoms with van der Waals surface area (Å²) in [6.07, 6.45) is 0. The van der Waals surface area contributed by atoms with E-state index in [9.17, 15) is 4.79 Å². The van der Waals surface area contributed by atoms with Gasteiger partial charge in [0.2, 0.25) is 5.56 Å². The fraction of sp³-hybridized carbons (Fsp3) is 0. The monoisotopic (exact) mass is 211 g/mol. The fourth-order valence-corrected chi connectivity index (χ4v) is 2.04. The van der Waals surface area contributed by atoms with E-state index in [4.69, 9.17) is 11.6 Å². The zero-order chi connectivity index (χ0) is 9.26. The van der Waals surface area contributed by atoms with E-state index in [1.165, 1.54) is 17.4 Å². The third kappa shape index (κ3) is 1.66. The minimum absolute atomic E-state index is 0.111. The van der Waals surface area contributed by atoms with Crippen molar-refractivity contribution in [3.05, 3.63) is 44.3 Å². The van der Waals surface area contributed by atoms with E-state index in [0.29, 0.717) is 4.34 Å². The number of rotatable bonds is 1. The largest absolute Gasteiger partial charge is 0.322 e. The maximum Gasteiger partial charge on any atom is 0.248 e. The Morgan fingerprint density at radius 2 is 2.15 bits per heavy atom. The van der Waals surface area contributed by atoms with E-state index < -0.39 is 0 Å². The molecule has 2 aromatic rings. The van der Waals surface area contributed by atoms with Gasteiger partial charge >= 0.3 is 0 Å². The molecule has 0 atom stereocenters. The molecule has 0 aliphatic heterocycles. The molecule has 66 valence electrons. The van der Waals surface area contributed by atoms with Crippen molar-refractivity contribution in [3.63, 3.8) is 0 Å². The molecule has 2 rings (SSSR count). The lowest BCUT2D eigenvalue weighted by Gasteiger charge is -1.96. The Labute approximate surface area is 83.8 Å². The Morgan fingerprint density at radius 3 is 2.77 bits per heavy atom. The third-order valence-electron chi connectivity index (χ3n) is 1.68. The quantitative estimate of drug-likeness (QED) is 0.773. The first-order chi connectivity index (χ1) is 6.27. The molecule has 0 radical (unpaired) electrons. The van der Waals surface area contributed by atoms with Crippen LogP contribution in [0, 0.1) is 0 Å². The third-order valence-corrected chi connectivity index (χ3v) is 2.85. The molecule has 0 fully saturated rings. The summed E-state index contributed by atoms with van der Waals surface area (Å²) in [5.74, 6) is 0. The first-order valence-corrected chi connectivity index (χ1v) is 4.96. The molecule has 0 bridgehead atoms. The number of hydrogen-bond donors (Lipinski definition) is 1. The normalized spacial score (nSPS) is 10.2. The van der Waals surface area contributed by atoms with Crippen molar-refractivity contribution in [2.45, 2.75) is 0 Å². The van der Waals surface area contributed by atoms with Crippen LogP contribution in [0.25, 0.3) is 11.3 Å². The summed E-state index contributed by atoms with van der Waals surface area (Å²) in [4.78, 5) is 13.7. The van der Waals surface area contributed by atoms with Crippen LogP contribution in [-0.4, -0.2) is 4.98 Å².